The Morgan fingerprint density at radius 2 is 1.69 bits per heavy atom. The van der Waals surface area contributed by atoms with Crippen LogP contribution in [-0.4, -0.2) is 19.0 Å². The molecule has 4 nitrogen and oxygen atoms in total. The highest BCUT2D eigenvalue weighted by Gasteiger charge is 2.22. The molecule has 0 aromatic heterocycles. The number of ether oxygens (including phenoxy) is 2. The first kappa shape index (κ1) is 17.7. The summed E-state index contributed by atoms with van der Waals surface area (Å²) in [5.41, 5.74) is 3.84. The Bertz CT molecular complexity index is 885. The van der Waals surface area contributed by atoms with E-state index in [1.54, 1.807) is 36.4 Å². The van der Waals surface area contributed by atoms with Crippen LogP contribution in [0.1, 0.15) is 46.8 Å². The summed E-state index contributed by atoms with van der Waals surface area (Å²) < 4.78 is 10.1. The summed E-state index contributed by atoms with van der Waals surface area (Å²) in [4.78, 5) is 23.6. The van der Waals surface area contributed by atoms with Gasteiger partial charge in [-0.2, -0.15) is 0 Å². The number of carbonyl (C=O) groups excluding carboxylic acids is 2. The van der Waals surface area contributed by atoms with Crippen molar-refractivity contribution in [2.45, 2.75) is 19.8 Å². The summed E-state index contributed by atoms with van der Waals surface area (Å²) in [6, 6.07) is 14.8. The number of carbonyl (C=O) groups is 2. The van der Waals surface area contributed by atoms with Crippen LogP contribution in [0.4, 0.5) is 0 Å². The maximum Gasteiger partial charge on any atom is 0.343 e. The summed E-state index contributed by atoms with van der Waals surface area (Å²) in [5.74, 6) is 0.219. The minimum Gasteiger partial charge on any atom is -0.465 e. The molecule has 0 N–H and O–H groups in total. The molecule has 2 aromatic rings. The van der Waals surface area contributed by atoms with Crippen molar-refractivity contribution in [3.05, 3.63) is 82.4 Å². The molecule has 0 aliphatic carbocycles. The summed E-state index contributed by atoms with van der Waals surface area (Å²) >= 11 is 0. The predicted octanol–water partition coefficient (Wildman–Crippen LogP) is 4.58. The largest absolute Gasteiger partial charge is 0.465 e. The van der Waals surface area contributed by atoms with Gasteiger partial charge < -0.3 is 9.47 Å². The van der Waals surface area contributed by atoms with Gasteiger partial charge in [0.1, 0.15) is 5.76 Å². The molecule has 3 rings (SSSR count). The second-order valence-corrected chi connectivity index (χ2v) is 6.39. The van der Waals surface area contributed by atoms with E-state index in [0.717, 1.165) is 11.1 Å². The van der Waals surface area contributed by atoms with Gasteiger partial charge in [-0.15, -0.1) is 0 Å². The number of benzene rings is 2. The lowest BCUT2D eigenvalue weighted by atomic mass is 10.0. The number of methoxy groups -OCH3 is 1. The van der Waals surface area contributed by atoms with Gasteiger partial charge in [-0.05, 0) is 41.3 Å². The maximum atomic E-state index is 12.1. The van der Waals surface area contributed by atoms with E-state index in [1.165, 1.54) is 12.7 Å². The molecule has 0 saturated carbocycles. The molecule has 0 spiro atoms. The third kappa shape index (κ3) is 3.75. The highest BCUT2D eigenvalue weighted by Crippen LogP contribution is 2.28. The Morgan fingerprint density at radius 1 is 1.04 bits per heavy atom. The number of hydrogen-bond donors (Lipinski definition) is 0. The molecule has 1 aliphatic heterocycles. The molecular formula is C22H20O4. The van der Waals surface area contributed by atoms with Gasteiger partial charge in [0.2, 0.25) is 0 Å². The highest BCUT2D eigenvalue weighted by molar-refractivity contribution is 6.05. The lowest BCUT2D eigenvalue weighted by molar-refractivity contribution is -0.130. The summed E-state index contributed by atoms with van der Waals surface area (Å²) in [5, 5.41) is 0. The van der Waals surface area contributed by atoms with Crippen LogP contribution in [-0.2, 0) is 14.3 Å². The molecular weight excluding hydrogens is 328 g/mol. The molecule has 0 amide bonds. The van der Waals surface area contributed by atoms with Crippen LogP contribution in [0.15, 0.2) is 60.2 Å². The predicted molar refractivity (Wildman–Crippen MR) is 100 cm³/mol. The average Bonchev–Trinajstić information content (AvgIpc) is 3.02. The molecule has 1 aliphatic rings. The minimum atomic E-state index is -0.392. The van der Waals surface area contributed by atoms with Crippen molar-refractivity contribution in [1.29, 1.82) is 0 Å². The van der Waals surface area contributed by atoms with Crippen LogP contribution in [0, 0.1) is 0 Å². The molecule has 0 atom stereocenters. The monoisotopic (exact) mass is 348 g/mol. The van der Waals surface area contributed by atoms with Gasteiger partial charge in [0, 0.05) is 5.56 Å². The van der Waals surface area contributed by atoms with E-state index in [0.29, 0.717) is 22.8 Å². The number of rotatable bonds is 4. The Kier molecular flexibility index (Phi) is 5.03. The molecule has 0 fully saturated rings. The van der Waals surface area contributed by atoms with Gasteiger partial charge >= 0.3 is 11.9 Å². The lowest BCUT2D eigenvalue weighted by Crippen LogP contribution is -2.00. The van der Waals surface area contributed by atoms with Gasteiger partial charge in [-0.3, -0.25) is 0 Å². The molecule has 132 valence electrons. The molecule has 0 unspecified atom stereocenters. The molecule has 0 saturated heterocycles. The highest BCUT2D eigenvalue weighted by atomic mass is 16.5. The fourth-order valence-electron chi connectivity index (χ4n) is 2.68. The molecule has 0 bridgehead atoms. The Morgan fingerprint density at radius 3 is 2.27 bits per heavy atom. The van der Waals surface area contributed by atoms with Crippen LogP contribution >= 0.6 is 0 Å². The fourth-order valence-corrected chi connectivity index (χ4v) is 2.68. The van der Waals surface area contributed by atoms with E-state index in [9.17, 15) is 9.59 Å². The zero-order valence-corrected chi connectivity index (χ0v) is 15.0. The Hall–Kier alpha value is -3.14. The molecule has 0 radical (unpaired) electrons. The van der Waals surface area contributed by atoms with Gasteiger partial charge in [0.05, 0.1) is 18.2 Å². The van der Waals surface area contributed by atoms with Crippen molar-refractivity contribution < 1.29 is 19.1 Å². The van der Waals surface area contributed by atoms with Crippen LogP contribution in [0.2, 0.25) is 0 Å². The van der Waals surface area contributed by atoms with Crippen LogP contribution in [0.3, 0.4) is 0 Å². The average molecular weight is 348 g/mol. The third-order valence-electron chi connectivity index (χ3n) is 4.24. The minimum absolute atomic E-state index is 0.384. The maximum absolute atomic E-state index is 12.1. The van der Waals surface area contributed by atoms with Crippen molar-refractivity contribution in [2.24, 2.45) is 0 Å². The van der Waals surface area contributed by atoms with Gasteiger partial charge in [0.15, 0.2) is 0 Å². The van der Waals surface area contributed by atoms with E-state index in [2.05, 4.69) is 18.6 Å². The normalized spacial score (nSPS) is 15.2. The Balaban J connectivity index is 1.83. The zero-order valence-electron chi connectivity index (χ0n) is 15.0. The van der Waals surface area contributed by atoms with E-state index in [-0.39, 0.29) is 5.97 Å². The van der Waals surface area contributed by atoms with Crippen LogP contribution in [0.25, 0.3) is 11.8 Å². The van der Waals surface area contributed by atoms with Crippen LogP contribution in [0.5, 0.6) is 0 Å². The van der Waals surface area contributed by atoms with Crippen molar-refractivity contribution >= 4 is 23.8 Å². The second kappa shape index (κ2) is 7.40. The molecule has 2 aromatic carbocycles. The number of hydrogen-bond acceptors (Lipinski definition) is 4. The first-order chi connectivity index (χ1) is 12.5. The van der Waals surface area contributed by atoms with Gasteiger partial charge in [-0.25, -0.2) is 9.59 Å². The van der Waals surface area contributed by atoms with Crippen LogP contribution < -0.4 is 0 Å². The van der Waals surface area contributed by atoms with Crippen molar-refractivity contribution in [2.75, 3.05) is 7.11 Å². The fraction of sp³-hybridized carbons (Fsp3) is 0.182. The standard InChI is InChI=1S/C22H20O4/c1-14(2)16-8-10-17(11-9-16)20-13-19(22(24)26-20)12-15-4-6-18(7-5-15)21(23)25-3/h4-14H,1-3H3. The second-order valence-electron chi connectivity index (χ2n) is 6.39. The summed E-state index contributed by atoms with van der Waals surface area (Å²) in [7, 11) is 1.34. The zero-order chi connectivity index (χ0) is 18.7. The first-order valence-corrected chi connectivity index (χ1v) is 8.42. The van der Waals surface area contributed by atoms with Crippen molar-refractivity contribution in [3.63, 3.8) is 0 Å². The molecule has 1 heterocycles. The third-order valence-corrected chi connectivity index (χ3v) is 4.24. The summed E-state index contributed by atoms with van der Waals surface area (Å²) in [6.45, 7) is 4.27. The van der Waals surface area contributed by atoms with E-state index in [4.69, 9.17) is 4.74 Å². The quantitative estimate of drug-likeness (QED) is 0.599. The Labute approximate surface area is 152 Å². The van der Waals surface area contributed by atoms with Gasteiger partial charge in [0.25, 0.3) is 0 Å². The molecule has 26 heavy (non-hydrogen) atoms. The SMILES string of the molecule is COC(=O)c1ccc(C=C2C=C(c3ccc(C(C)C)cc3)OC2=O)cc1. The van der Waals surface area contributed by atoms with Gasteiger partial charge in [-0.1, -0.05) is 50.2 Å². The van der Waals surface area contributed by atoms with E-state index >= 15 is 0 Å². The first-order valence-electron chi connectivity index (χ1n) is 8.42. The van der Waals surface area contributed by atoms with E-state index in [1.807, 2.05) is 24.3 Å². The smallest absolute Gasteiger partial charge is 0.343 e. The topological polar surface area (TPSA) is 52.6 Å². The lowest BCUT2D eigenvalue weighted by Gasteiger charge is -2.06. The number of esters is 2. The summed E-state index contributed by atoms with van der Waals surface area (Å²) in [6.07, 6.45) is 3.47. The molecule has 4 heteroatoms. The van der Waals surface area contributed by atoms with Crippen molar-refractivity contribution in [1.82, 2.24) is 0 Å². The number of cyclic esters (lactones) is 1. The van der Waals surface area contributed by atoms with E-state index < -0.39 is 5.97 Å². The van der Waals surface area contributed by atoms with Crippen molar-refractivity contribution in [3.8, 4) is 0 Å².